The zero-order chi connectivity index (χ0) is 16.9. The van der Waals surface area contributed by atoms with Gasteiger partial charge in [-0.25, -0.2) is 8.42 Å². The third-order valence-corrected chi connectivity index (χ3v) is 4.48. The fourth-order valence-corrected chi connectivity index (χ4v) is 2.21. The van der Waals surface area contributed by atoms with Crippen LogP contribution in [0.3, 0.4) is 0 Å². The lowest BCUT2D eigenvalue weighted by Gasteiger charge is -2.20. The molecule has 1 N–H and O–H groups in total. The van der Waals surface area contributed by atoms with Crippen LogP contribution in [0.1, 0.15) is 18.5 Å². The van der Waals surface area contributed by atoms with Gasteiger partial charge in [0.05, 0.1) is 33.1 Å². The van der Waals surface area contributed by atoms with Crippen LogP contribution in [0.15, 0.2) is 18.2 Å². The Balaban J connectivity index is 2.80. The minimum atomic E-state index is -3.39. The summed E-state index contributed by atoms with van der Waals surface area (Å²) in [7, 11) is 1.05. The van der Waals surface area contributed by atoms with E-state index >= 15 is 0 Å². The van der Waals surface area contributed by atoms with Crippen molar-refractivity contribution in [2.45, 2.75) is 13.0 Å². The molecule has 0 aliphatic heterocycles. The Labute approximate surface area is 131 Å². The van der Waals surface area contributed by atoms with Gasteiger partial charge in [-0.2, -0.15) is 4.31 Å². The second-order valence-corrected chi connectivity index (χ2v) is 7.01. The van der Waals surface area contributed by atoms with Gasteiger partial charge < -0.3 is 14.8 Å². The highest BCUT2D eigenvalue weighted by Crippen LogP contribution is 2.29. The minimum Gasteiger partial charge on any atom is -0.497 e. The van der Waals surface area contributed by atoms with Crippen molar-refractivity contribution in [1.29, 1.82) is 0 Å². The number of hydrogen-bond acceptors (Lipinski definition) is 5. The number of sulfonamides is 1. The summed E-state index contributed by atoms with van der Waals surface area (Å²) >= 11 is 0. The molecule has 22 heavy (non-hydrogen) atoms. The van der Waals surface area contributed by atoms with Gasteiger partial charge in [0.15, 0.2) is 0 Å². The van der Waals surface area contributed by atoms with Crippen molar-refractivity contribution in [2.24, 2.45) is 0 Å². The molecule has 124 valence electrons. The van der Waals surface area contributed by atoms with E-state index in [0.717, 1.165) is 16.1 Å². The first-order valence-corrected chi connectivity index (χ1v) is 8.46. The van der Waals surface area contributed by atoms with E-state index in [9.17, 15) is 13.2 Å². The fraction of sp³-hybridized carbons (Fsp3) is 0.500. The molecule has 1 aromatic rings. The molecule has 1 aromatic carbocycles. The van der Waals surface area contributed by atoms with E-state index in [0.29, 0.717) is 11.5 Å². The first-order valence-electron chi connectivity index (χ1n) is 6.61. The number of nitrogens with one attached hydrogen (secondary N) is 1. The summed E-state index contributed by atoms with van der Waals surface area (Å²) in [5, 5.41) is 2.75. The molecule has 1 unspecified atom stereocenters. The van der Waals surface area contributed by atoms with Crippen LogP contribution in [0.2, 0.25) is 0 Å². The summed E-state index contributed by atoms with van der Waals surface area (Å²) in [6.07, 6.45) is 1.05. The van der Waals surface area contributed by atoms with Crippen LogP contribution in [0, 0.1) is 0 Å². The van der Waals surface area contributed by atoms with Crippen molar-refractivity contribution in [3.05, 3.63) is 23.8 Å². The van der Waals surface area contributed by atoms with E-state index in [-0.39, 0.29) is 12.6 Å². The van der Waals surface area contributed by atoms with E-state index in [2.05, 4.69) is 5.32 Å². The number of ether oxygens (including phenoxy) is 2. The fourth-order valence-electron chi connectivity index (χ4n) is 1.86. The Morgan fingerprint density at radius 3 is 2.45 bits per heavy atom. The molecule has 0 saturated heterocycles. The maximum atomic E-state index is 11.9. The molecule has 0 aromatic heterocycles. The minimum absolute atomic E-state index is 0.234. The molecule has 0 aliphatic carbocycles. The molecule has 0 heterocycles. The van der Waals surface area contributed by atoms with Crippen LogP contribution in [0.4, 0.5) is 0 Å². The monoisotopic (exact) mass is 330 g/mol. The summed E-state index contributed by atoms with van der Waals surface area (Å²) in [6.45, 7) is 1.56. The molecule has 1 rings (SSSR count). The predicted octanol–water partition coefficient (Wildman–Crippen LogP) is 0.772. The zero-order valence-electron chi connectivity index (χ0n) is 13.4. The van der Waals surface area contributed by atoms with Gasteiger partial charge in [0.25, 0.3) is 0 Å². The standard InChI is InChI=1S/C14H22N2O5S/c1-10(15-14(17)9-16(2)22(5,18)19)12-7-6-11(20-3)8-13(12)21-4/h6-8,10H,9H2,1-5H3,(H,15,17). The van der Waals surface area contributed by atoms with E-state index < -0.39 is 15.9 Å². The average molecular weight is 330 g/mol. The van der Waals surface area contributed by atoms with E-state index in [1.54, 1.807) is 32.2 Å². The van der Waals surface area contributed by atoms with Crippen LogP contribution in [0.25, 0.3) is 0 Å². The first kappa shape index (κ1) is 18.2. The normalized spacial score (nSPS) is 12.8. The number of hydrogen-bond donors (Lipinski definition) is 1. The van der Waals surface area contributed by atoms with Gasteiger partial charge in [-0.15, -0.1) is 0 Å². The molecule has 0 spiro atoms. The SMILES string of the molecule is COc1ccc(C(C)NC(=O)CN(C)S(C)(=O)=O)c(OC)c1. The maximum absolute atomic E-state index is 11.9. The number of nitrogens with zero attached hydrogens (tertiary/aromatic N) is 1. The lowest BCUT2D eigenvalue weighted by atomic mass is 10.1. The van der Waals surface area contributed by atoms with Crippen LogP contribution in [-0.2, 0) is 14.8 Å². The van der Waals surface area contributed by atoms with E-state index in [1.165, 1.54) is 14.2 Å². The third-order valence-electron chi connectivity index (χ3n) is 3.22. The van der Waals surface area contributed by atoms with Crippen molar-refractivity contribution in [3.63, 3.8) is 0 Å². The van der Waals surface area contributed by atoms with Gasteiger partial charge in [0.1, 0.15) is 11.5 Å². The molecular weight excluding hydrogens is 308 g/mol. The van der Waals surface area contributed by atoms with Gasteiger partial charge in [0.2, 0.25) is 15.9 Å². The van der Waals surface area contributed by atoms with Crippen molar-refractivity contribution >= 4 is 15.9 Å². The van der Waals surface area contributed by atoms with Gasteiger partial charge in [-0.1, -0.05) is 0 Å². The number of methoxy groups -OCH3 is 2. The Kier molecular flexibility index (Phi) is 6.19. The lowest BCUT2D eigenvalue weighted by Crippen LogP contribution is -2.38. The van der Waals surface area contributed by atoms with Crippen molar-refractivity contribution in [1.82, 2.24) is 9.62 Å². The van der Waals surface area contributed by atoms with Crippen LogP contribution in [-0.4, -0.2) is 52.7 Å². The van der Waals surface area contributed by atoms with Crippen molar-refractivity contribution < 1.29 is 22.7 Å². The number of carbonyl (C=O) groups is 1. The second kappa shape index (κ2) is 7.46. The van der Waals surface area contributed by atoms with E-state index in [1.807, 2.05) is 0 Å². The predicted molar refractivity (Wildman–Crippen MR) is 83.6 cm³/mol. The topological polar surface area (TPSA) is 84.9 Å². The largest absolute Gasteiger partial charge is 0.497 e. The molecule has 0 radical (unpaired) electrons. The van der Waals surface area contributed by atoms with Crippen molar-refractivity contribution in [2.75, 3.05) is 34.1 Å². The van der Waals surface area contributed by atoms with Crippen LogP contribution in [0.5, 0.6) is 11.5 Å². The van der Waals surface area contributed by atoms with Gasteiger partial charge in [0, 0.05) is 18.7 Å². The van der Waals surface area contributed by atoms with Gasteiger partial charge >= 0.3 is 0 Å². The molecule has 0 saturated carbocycles. The third kappa shape index (κ3) is 4.88. The summed E-state index contributed by atoms with van der Waals surface area (Å²) in [4.78, 5) is 11.9. The molecule has 7 nitrogen and oxygen atoms in total. The number of likely N-dealkylation sites (N-methyl/N-ethyl adjacent to an activating group) is 1. The van der Waals surface area contributed by atoms with Crippen LogP contribution < -0.4 is 14.8 Å². The summed E-state index contributed by atoms with van der Waals surface area (Å²) in [6, 6.07) is 4.95. The Morgan fingerprint density at radius 1 is 1.32 bits per heavy atom. The molecule has 0 fully saturated rings. The van der Waals surface area contributed by atoms with Crippen molar-refractivity contribution in [3.8, 4) is 11.5 Å². The molecule has 0 aliphatic rings. The highest BCUT2D eigenvalue weighted by molar-refractivity contribution is 7.88. The number of amides is 1. The maximum Gasteiger partial charge on any atom is 0.235 e. The number of benzene rings is 1. The summed E-state index contributed by atoms with van der Waals surface area (Å²) < 4.78 is 34.0. The highest BCUT2D eigenvalue weighted by Gasteiger charge is 2.19. The quantitative estimate of drug-likeness (QED) is 0.798. The zero-order valence-corrected chi connectivity index (χ0v) is 14.2. The van der Waals surface area contributed by atoms with E-state index in [4.69, 9.17) is 9.47 Å². The molecule has 8 heteroatoms. The summed E-state index contributed by atoms with van der Waals surface area (Å²) in [5.74, 6) is 0.845. The summed E-state index contributed by atoms with van der Waals surface area (Å²) in [5.41, 5.74) is 0.777. The average Bonchev–Trinajstić information content (AvgIpc) is 2.45. The lowest BCUT2D eigenvalue weighted by molar-refractivity contribution is -0.121. The Morgan fingerprint density at radius 2 is 1.95 bits per heavy atom. The number of rotatable bonds is 7. The Hall–Kier alpha value is -1.80. The first-order chi connectivity index (χ1) is 10.2. The number of carbonyl (C=O) groups excluding carboxylic acids is 1. The smallest absolute Gasteiger partial charge is 0.235 e. The van der Waals surface area contributed by atoms with Gasteiger partial charge in [-0.05, 0) is 19.1 Å². The Bertz CT molecular complexity index is 630. The highest BCUT2D eigenvalue weighted by atomic mass is 32.2. The molecular formula is C14H22N2O5S. The molecule has 0 bridgehead atoms. The second-order valence-electron chi connectivity index (χ2n) is 4.92. The molecule has 1 amide bonds. The van der Waals surface area contributed by atoms with Crippen LogP contribution >= 0.6 is 0 Å². The van der Waals surface area contributed by atoms with Gasteiger partial charge in [-0.3, -0.25) is 4.79 Å². The molecule has 1 atom stereocenters.